The van der Waals surface area contributed by atoms with Crippen LogP contribution in [0.1, 0.15) is 23.0 Å². The number of sulfonamides is 1. The molecule has 166 valence electrons. The Hall–Kier alpha value is -3.05. The van der Waals surface area contributed by atoms with Gasteiger partial charge in [-0.25, -0.2) is 13.4 Å². The second-order valence-electron chi connectivity index (χ2n) is 6.59. The Kier molecular flexibility index (Phi) is 6.27. The molecule has 2 aromatic carbocycles. The average molecular weight is 455 g/mol. The predicted octanol–water partition coefficient (Wildman–Crippen LogP) is 3.52. The van der Waals surface area contributed by atoms with Gasteiger partial charge < -0.3 is 14.0 Å². The zero-order chi connectivity index (χ0) is 22.8. The predicted molar refractivity (Wildman–Crippen MR) is 106 cm³/mol. The lowest BCUT2D eigenvalue weighted by Crippen LogP contribution is -2.32. The first-order valence-corrected chi connectivity index (χ1v) is 10.4. The van der Waals surface area contributed by atoms with Crippen LogP contribution in [-0.4, -0.2) is 32.2 Å². The first kappa shape index (κ1) is 22.6. The van der Waals surface area contributed by atoms with Crippen molar-refractivity contribution in [3.63, 3.8) is 0 Å². The fourth-order valence-corrected chi connectivity index (χ4v) is 4.48. The van der Waals surface area contributed by atoms with Crippen LogP contribution in [0.3, 0.4) is 0 Å². The topological polar surface area (TPSA) is 82.4 Å². The van der Waals surface area contributed by atoms with Crippen LogP contribution < -0.4 is 14.2 Å². The maximum Gasteiger partial charge on any atom is 0.417 e. The Morgan fingerprint density at radius 1 is 1.06 bits per heavy atom. The van der Waals surface area contributed by atoms with Crippen molar-refractivity contribution >= 4 is 10.0 Å². The number of aryl methyl sites for hydroxylation is 1. The van der Waals surface area contributed by atoms with E-state index in [1.54, 1.807) is 36.0 Å². The van der Waals surface area contributed by atoms with Crippen molar-refractivity contribution in [1.29, 1.82) is 0 Å². The molecule has 3 rings (SSSR count). The maximum atomic E-state index is 13.4. The van der Waals surface area contributed by atoms with Crippen molar-refractivity contribution in [3.8, 4) is 11.5 Å². The number of halogens is 3. The summed E-state index contributed by atoms with van der Waals surface area (Å²) in [6.45, 7) is 0. The van der Waals surface area contributed by atoms with Gasteiger partial charge in [-0.05, 0) is 29.8 Å². The molecule has 1 heterocycles. The summed E-state index contributed by atoms with van der Waals surface area (Å²) in [6.07, 6.45) is -1.79. The Morgan fingerprint density at radius 3 is 2.19 bits per heavy atom. The zero-order valence-electron chi connectivity index (χ0n) is 16.8. The van der Waals surface area contributed by atoms with Crippen molar-refractivity contribution in [2.45, 2.75) is 17.1 Å². The number of nitrogens with zero attached hydrogens (tertiary/aromatic N) is 2. The molecule has 0 saturated heterocycles. The van der Waals surface area contributed by atoms with E-state index in [0.717, 1.165) is 18.2 Å². The van der Waals surface area contributed by atoms with Gasteiger partial charge in [0.2, 0.25) is 10.0 Å². The first-order chi connectivity index (χ1) is 14.6. The summed E-state index contributed by atoms with van der Waals surface area (Å²) in [6, 6.07) is 7.58. The van der Waals surface area contributed by atoms with Crippen LogP contribution in [0.25, 0.3) is 0 Å². The molecule has 3 aromatic rings. The molecule has 1 N–H and O–H groups in total. The van der Waals surface area contributed by atoms with E-state index in [1.807, 2.05) is 0 Å². The number of hydrogen-bond acceptors (Lipinski definition) is 5. The van der Waals surface area contributed by atoms with E-state index in [2.05, 4.69) is 9.71 Å². The van der Waals surface area contributed by atoms with E-state index in [-0.39, 0.29) is 5.82 Å². The summed E-state index contributed by atoms with van der Waals surface area (Å²) in [5.74, 6) is 1.02. The highest BCUT2D eigenvalue weighted by molar-refractivity contribution is 7.89. The molecule has 0 saturated carbocycles. The summed E-state index contributed by atoms with van der Waals surface area (Å²) in [7, 11) is -0.108. The minimum absolute atomic E-state index is 0.267. The van der Waals surface area contributed by atoms with Crippen LogP contribution in [0, 0.1) is 0 Å². The van der Waals surface area contributed by atoms with E-state index in [1.165, 1.54) is 26.5 Å². The van der Waals surface area contributed by atoms with Gasteiger partial charge in [-0.1, -0.05) is 12.1 Å². The van der Waals surface area contributed by atoms with Crippen molar-refractivity contribution in [3.05, 3.63) is 71.8 Å². The fraction of sp³-hybridized carbons (Fsp3) is 0.250. The Labute approximate surface area is 177 Å². The molecule has 11 heteroatoms. The lowest BCUT2D eigenvalue weighted by Gasteiger charge is -2.22. The molecular formula is C20H20F3N3O4S. The number of rotatable bonds is 7. The molecule has 0 bridgehead atoms. The number of nitrogens with one attached hydrogen (secondary N) is 1. The van der Waals surface area contributed by atoms with Gasteiger partial charge in [0.15, 0.2) is 0 Å². The fourth-order valence-electron chi connectivity index (χ4n) is 3.08. The minimum Gasteiger partial charge on any atom is -0.497 e. The number of imidazole rings is 1. The third-order valence-electron chi connectivity index (χ3n) is 4.58. The number of alkyl halides is 3. The van der Waals surface area contributed by atoms with E-state index in [0.29, 0.717) is 17.1 Å². The third kappa shape index (κ3) is 4.83. The van der Waals surface area contributed by atoms with Crippen molar-refractivity contribution in [2.24, 2.45) is 7.05 Å². The molecule has 0 amide bonds. The quantitative estimate of drug-likeness (QED) is 0.590. The van der Waals surface area contributed by atoms with Crippen molar-refractivity contribution in [2.75, 3.05) is 14.2 Å². The molecule has 0 aliphatic heterocycles. The molecule has 0 unspecified atom stereocenters. The first-order valence-electron chi connectivity index (χ1n) is 8.95. The Morgan fingerprint density at radius 2 is 1.68 bits per heavy atom. The van der Waals surface area contributed by atoms with E-state index >= 15 is 0 Å². The molecule has 1 aromatic heterocycles. The van der Waals surface area contributed by atoms with Gasteiger partial charge >= 0.3 is 6.18 Å². The number of methoxy groups -OCH3 is 2. The second kappa shape index (κ2) is 8.60. The smallest absolute Gasteiger partial charge is 0.417 e. The lowest BCUT2D eigenvalue weighted by molar-refractivity contribution is -0.139. The highest BCUT2D eigenvalue weighted by Gasteiger charge is 2.38. The number of aromatic nitrogens is 2. The zero-order valence-corrected chi connectivity index (χ0v) is 17.7. The van der Waals surface area contributed by atoms with Gasteiger partial charge in [-0.3, -0.25) is 0 Å². The van der Waals surface area contributed by atoms with Gasteiger partial charge in [0.05, 0.1) is 24.7 Å². The average Bonchev–Trinajstić information content (AvgIpc) is 3.16. The van der Waals surface area contributed by atoms with Crippen LogP contribution in [0.5, 0.6) is 11.5 Å². The minimum atomic E-state index is -4.84. The summed E-state index contributed by atoms with van der Waals surface area (Å²) in [5, 5.41) is 0. The highest BCUT2D eigenvalue weighted by atomic mass is 32.2. The van der Waals surface area contributed by atoms with E-state index in [4.69, 9.17) is 9.47 Å². The van der Waals surface area contributed by atoms with Crippen molar-refractivity contribution < 1.29 is 31.1 Å². The summed E-state index contributed by atoms with van der Waals surface area (Å²) < 4.78 is 80.9. The Bertz CT molecular complexity index is 1150. The molecule has 31 heavy (non-hydrogen) atoms. The maximum absolute atomic E-state index is 13.4. The van der Waals surface area contributed by atoms with E-state index < -0.39 is 32.7 Å². The van der Waals surface area contributed by atoms with Crippen LogP contribution in [0.15, 0.2) is 59.8 Å². The van der Waals surface area contributed by atoms with Gasteiger partial charge in [0.1, 0.15) is 23.4 Å². The summed E-state index contributed by atoms with van der Waals surface area (Å²) >= 11 is 0. The molecule has 0 fully saturated rings. The molecule has 0 radical (unpaired) electrons. The third-order valence-corrected chi connectivity index (χ3v) is 6.06. The van der Waals surface area contributed by atoms with Gasteiger partial charge in [0.25, 0.3) is 0 Å². The monoisotopic (exact) mass is 455 g/mol. The molecule has 7 nitrogen and oxygen atoms in total. The number of hydrogen-bond donors (Lipinski definition) is 1. The molecule has 0 spiro atoms. The normalized spacial score (nSPS) is 13.1. The summed E-state index contributed by atoms with van der Waals surface area (Å²) in [5.41, 5.74) is -0.886. The number of ether oxygens (including phenoxy) is 2. The molecule has 1 atom stereocenters. The van der Waals surface area contributed by atoms with Crippen LogP contribution in [0.2, 0.25) is 0 Å². The standard InChI is InChI=1S/C20H20F3N3O4S/c1-26-9-8-24-19(26)18(13-10-14(29-2)12-15(11-13)30-3)25-31(27,28)17-7-5-4-6-16(17)20(21,22)23/h4-12,18,25H,1-3H3/t18-/m1/s1. The molecular weight excluding hydrogens is 435 g/mol. The van der Waals surface area contributed by atoms with Gasteiger partial charge in [-0.15, -0.1) is 0 Å². The largest absolute Gasteiger partial charge is 0.497 e. The SMILES string of the molecule is COc1cc(OC)cc([C@@H](NS(=O)(=O)c2ccccc2C(F)(F)F)c2nccn2C)c1. The van der Waals surface area contributed by atoms with Gasteiger partial charge in [-0.2, -0.15) is 17.9 Å². The Balaban J connectivity index is 2.15. The molecule has 0 aliphatic rings. The van der Waals surface area contributed by atoms with Crippen LogP contribution >= 0.6 is 0 Å². The van der Waals surface area contributed by atoms with Crippen molar-refractivity contribution in [1.82, 2.24) is 14.3 Å². The van der Waals surface area contributed by atoms with Crippen LogP contribution in [-0.2, 0) is 23.2 Å². The van der Waals surface area contributed by atoms with Gasteiger partial charge in [0, 0.05) is 25.5 Å². The highest BCUT2D eigenvalue weighted by Crippen LogP contribution is 2.35. The van der Waals surface area contributed by atoms with Crippen LogP contribution in [0.4, 0.5) is 13.2 Å². The summed E-state index contributed by atoms with van der Waals surface area (Å²) in [4.78, 5) is 3.31. The lowest BCUT2D eigenvalue weighted by atomic mass is 10.1. The number of benzene rings is 2. The second-order valence-corrected chi connectivity index (χ2v) is 8.27. The van der Waals surface area contributed by atoms with E-state index in [9.17, 15) is 21.6 Å². The molecule has 0 aliphatic carbocycles.